The molecule has 0 bridgehead atoms. The van der Waals surface area contributed by atoms with E-state index in [0.29, 0.717) is 21.8 Å². The summed E-state index contributed by atoms with van der Waals surface area (Å²) in [4.78, 5) is 23.0. The molecule has 1 amide bonds. The van der Waals surface area contributed by atoms with E-state index in [-0.39, 0.29) is 11.3 Å². The monoisotopic (exact) mass is 405 g/mol. The van der Waals surface area contributed by atoms with Gasteiger partial charge in [0.25, 0.3) is 11.6 Å². The van der Waals surface area contributed by atoms with Gasteiger partial charge in [-0.25, -0.2) is 0 Å². The fourth-order valence-electron chi connectivity index (χ4n) is 2.96. The lowest BCUT2D eigenvalue weighted by atomic mass is 9.92. The third-order valence-electron chi connectivity index (χ3n) is 4.50. The normalized spacial score (nSPS) is 11.3. The van der Waals surface area contributed by atoms with Crippen LogP contribution in [0.2, 0.25) is 5.02 Å². The number of hydrogen-bond acceptors (Lipinski definition) is 4. The van der Waals surface area contributed by atoms with Gasteiger partial charge >= 0.3 is 0 Å². The Bertz CT molecular complexity index is 1120. The van der Waals surface area contributed by atoms with Gasteiger partial charge in [-0.15, -0.1) is 0 Å². The quantitative estimate of drug-likeness (QED) is 0.450. The zero-order chi connectivity index (χ0) is 21.0. The number of aryl methyl sites for hydroxylation is 1. The number of anilines is 1. The molecule has 0 fully saturated rings. The Balaban J connectivity index is 1.84. The van der Waals surface area contributed by atoms with Crippen LogP contribution in [0, 0.1) is 28.4 Å². The van der Waals surface area contributed by atoms with Gasteiger partial charge in [0.1, 0.15) is 0 Å². The van der Waals surface area contributed by atoms with Crippen LogP contribution in [0.3, 0.4) is 0 Å². The van der Waals surface area contributed by atoms with Crippen molar-refractivity contribution in [3.63, 3.8) is 0 Å². The summed E-state index contributed by atoms with van der Waals surface area (Å²) in [6, 6.07) is 20.7. The first-order valence-electron chi connectivity index (χ1n) is 8.71. The minimum atomic E-state index is -0.534. The van der Waals surface area contributed by atoms with Crippen molar-refractivity contribution in [2.45, 2.75) is 12.8 Å². The Morgan fingerprint density at radius 2 is 1.86 bits per heavy atom. The molecular formula is C22H16ClN3O3. The maximum atomic E-state index is 12.5. The van der Waals surface area contributed by atoms with Gasteiger partial charge in [-0.05, 0) is 36.2 Å². The highest BCUT2D eigenvalue weighted by Crippen LogP contribution is 2.32. The standard InChI is InChI=1S/C22H16ClN3O3/c1-14-7-8-16(11-21(14)26(28)29)22(27)25-17-9-10-18(20(23)12-17)19(13-24)15-5-3-2-4-6-15/h2-12,19H,1H3,(H,25,27). The van der Waals surface area contributed by atoms with E-state index in [1.807, 2.05) is 30.3 Å². The lowest BCUT2D eigenvalue weighted by molar-refractivity contribution is -0.385. The second-order valence-corrected chi connectivity index (χ2v) is 6.83. The molecular weight excluding hydrogens is 390 g/mol. The number of nitriles is 1. The smallest absolute Gasteiger partial charge is 0.273 e. The van der Waals surface area contributed by atoms with Crippen molar-refractivity contribution in [1.29, 1.82) is 5.26 Å². The number of nitrogens with zero attached hydrogens (tertiary/aromatic N) is 2. The summed E-state index contributed by atoms with van der Waals surface area (Å²) in [6.45, 7) is 1.61. The number of nitro benzene ring substituents is 1. The fourth-order valence-corrected chi connectivity index (χ4v) is 3.25. The fraction of sp³-hybridized carbons (Fsp3) is 0.0909. The Labute approximate surface area is 172 Å². The molecule has 29 heavy (non-hydrogen) atoms. The summed E-state index contributed by atoms with van der Waals surface area (Å²) in [6.07, 6.45) is 0. The molecule has 0 aliphatic heterocycles. The maximum Gasteiger partial charge on any atom is 0.273 e. The van der Waals surface area contributed by atoms with Crippen molar-refractivity contribution < 1.29 is 9.72 Å². The molecule has 3 aromatic rings. The molecule has 3 aromatic carbocycles. The Morgan fingerprint density at radius 3 is 2.48 bits per heavy atom. The number of carbonyl (C=O) groups excluding carboxylic acids is 1. The van der Waals surface area contributed by atoms with Gasteiger partial charge in [0.15, 0.2) is 0 Å². The molecule has 0 aromatic heterocycles. The molecule has 3 rings (SSSR count). The van der Waals surface area contributed by atoms with Gasteiger partial charge in [0, 0.05) is 27.9 Å². The zero-order valence-electron chi connectivity index (χ0n) is 15.4. The van der Waals surface area contributed by atoms with Gasteiger partial charge in [0.2, 0.25) is 0 Å². The highest BCUT2D eigenvalue weighted by molar-refractivity contribution is 6.32. The van der Waals surface area contributed by atoms with Gasteiger partial charge in [-0.1, -0.05) is 54.1 Å². The molecule has 0 radical (unpaired) electrons. The van der Waals surface area contributed by atoms with Crippen LogP contribution in [0.1, 0.15) is 33.0 Å². The SMILES string of the molecule is Cc1ccc(C(=O)Nc2ccc(C(C#N)c3ccccc3)c(Cl)c2)cc1[N+](=O)[O-]. The van der Waals surface area contributed by atoms with Gasteiger partial charge < -0.3 is 5.32 Å². The van der Waals surface area contributed by atoms with E-state index in [9.17, 15) is 20.2 Å². The predicted octanol–water partition coefficient (Wildman–Crippen LogP) is 5.46. The third kappa shape index (κ3) is 4.42. The summed E-state index contributed by atoms with van der Waals surface area (Å²) in [5.74, 6) is -1.02. The van der Waals surface area contributed by atoms with Crippen molar-refractivity contribution in [2.75, 3.05) is 5.32 Å². The molecule has 0 saturated heterocycles. The first-order chi connectivity index (χ1) is 13.9. The van der Waals surface area contributed by atoms with Crippen molar-refractivity contribution in [2.24, 2.45) is 0 Å². The van der Waals surface area contributed by atoms with Crippen LogP contribution in [0.25, 0.3) is 0 Å². The Hall–Kier alpha value is -3.69. The molecule has 0 spiro atoms. The van der Waals surface area contributed by atoms with Crippen LogP contribution >= 0.6 is 11.6 Å². The highest BCUT2D eigenvalue weighted by atomic mass is 35.5. The maximum absolute atomic E-state index is 12.5. The van der Waals surface area contributed by atoms with Crippen molar-refractivity contribution in [3.05, 3.63) is 104 Å². The van der Waals surface area contributed by atoms with E-state index in [0.717, 1.165) is 5.56 Å². The summed E-state index contributed by atoms with van der Waals surface area (Å²) in [5.41, 5.74) is 2.40. The van der Waals surface area contributed by atoms with Crippen LogP contribution in [0.4, 0.5) is 11.4 Å². The molecule has 0 heterocycles. The van der Waals surface area contributed by atoms with E-state index in [2.05, 4.69) is 11.4 Å². The molecule has 6 nitrogen and oxygen atoms in total. The minimum absolute atomic E-state index is 0.120. The first-order valence-corrected chi connectivity index (χ1v) is 9.09. The number of halogens is 1. The number of nitrogens with one attached hydrogen (secondary N) is 1. The van der Waals surface area contributed by atoms with Crippen LogP contribution in [0.5, 0.6) is 0 Å². The van der Waals surface area contributed by atoms with Crippen LogP contribution in [-0.4, -0.2) is 10.8 Å². The molecule has 0 aliphatic rings. The van der Waals surface area contributed by atoms with Crippen molar-refractivity contribution in [3.8, 4) is 6.07 Å². The summed E-state index contributed by atoms with van der Waals surface area (Å²) in [5, 5.41) is 23.7. The molecule has 1 N–H and O–H groups in total. The number of benzene rings is 3. The second kappa shape index (κ2) is 8.55. The topological polar surface area (TPSA) is 96.0 Å². The van der Waals surface area contributed by atoms with Crippen molar-refractivity contribution in [1.82, 2.24) is 0 Å². The lowest BCUT2D eigenvalue weighted by Gasteiger charge is -2.13. The van der Waals surface area contributed by atoms with E-state index in [4.69, 9.17) is 11.6 Å². The number of amides is 1. The molecule has 1 unspecified atom stereocenters. The van der Waals surface area contributed by atoms with Gasteiger partial charge in [-0.3, -0.25) is 14.9 Å². The average molecular weight is 406 g/mol. The molecule has 7 heteroatoms. The first kappa shape index (κ1) is 20.1. The van der Waals surface area contributed by atoms with Crippen molar-refractivity contribution >= 4 is 28.9 Å². The van der Waals surface area contributed by atoms with E-state index < -0.39 is 16.7 Å². The van der Waals surface area contributed by atoms with Gasteiger partial charge in [-0.2, -0.15) is 5.26 Å². The zero-order valence-corrected chi connectivity index (χ0v) is 16.2. The summed E-state index contributed by atoms with van der Waals surface area (Å²) < 4.78 is 0. The van der Waals surface area contributed by atoms with E-state index >= 15 is 0 Å². The second-order valence-electron chi connectivity index (χ2n) is 6.42. The third-order valence-corrected chi connectivity index (χ3v) is 4.83. The number of carbonyl (C=O) groups is 1. The Morgan fingerprint density at radius 1 is 1.14 bits per heavy atom. The van der Waals surface area contributed by atoms with Crippen LogP contribution < -0.4 is 5.32 Å². The van der Waals surface area contributed by atoms with Gasteiger partial charge in [0.05, 0.1) is 16.9 Å². The number of hydrogen-bond donors (Lipinski definition) is 1. The average Bonchev–Trinajstić information content (AvgIpc) is 2.71. The summed E-state index contributed by atoms with van der Waals surface area (Å²) in [7, 11) is 0. The minimum Gasteiger partial charge on any atom is -0.322 e. The van der Waals surface area contributed by atoms with Crippen LogP contribution in [-0.2, 0) is 0 Å². The number of rotatable bonds is 5. The molecule has 144 valence electrons. The summed E-state index contributed by atoms with van der Waals surface area (Å²) >= 11 is 6.38. The predicted molar refractivity (Wildman–Crippen MR) is 111 cm³/mol. The lowest BCUT2D eigenvalue weighted by Crippen LogP contribution is -2.12. The highest BCUT2D eigenvalue weighted by Gasteiger charge is 2.18. The van der Waals surface area contributed by atoms with E-state index in [1.54, 1.807) is 25.1 Å². The molecule has 0 saturated carbocycles. The van der Waals surface area contributed by atoms with Crippen LogP contribution in [0.15, 0.2) is 66.7 Å². The van der Waals surface area contributed by atoms with E-state index in [1.165, 1.54) is 18.2 Å². The Kier molecular flexibility index (Phi) is 5.91. The molecule has 0 aliphatic carbocycles. The largest absolute Gasteiger partial charge is 0.322 e. The molecule has 1 atom stereocenters. The number of nitro groups is 1.